The van der Waals surface area contributed by atoms with Crippen LogP contribution in [-0.4, -0.2) is 12.7 Å². The van der Waals surface area contributed by atoms with Crippen LogP contribution in [0.1, 0.15) is 60.1 Å². The first-order valence-electron chi connectivity index (χ1n) is 10.2. The Hall–Kier alpha value is -1.60. The van der Waals surface area contributed by atoms with Crippen LogP contribution in [0.25, 0.3) is 11.1 Å². The molecule has 1 aliphatic rings. The zero-order valence-electron chi connectivity index (χ0n) is 17.4. The zero-order chi connectivity index (χ0) is 18.8. The molecule has 0 bridgehead atoms. The average molecular weight is 351 g/mol. The zero-order valence-corrected chi connectivity index (χ0v) is 17.4. The van der Waals surface area contributed by atoms with Crippen molar-refractivity contribution in [2.75, 3.05) is 6.61 Å². The van der Waals surface area contributed by atoms with Gasteiger partial charge in [-0.2, -0.15) is 0 Å². The van der Waals surface area contributed by atoms with E-state index >= 15 is 0 Å². The minimum atomic E-state index is 0.511. The highest BCUT2D eigenvalue weighted by Gasteiger charge is 2.22. The number of benzene rings is 2. The summed E-state index contributed by atoms with van der Waals surface area (Å²) >= 11 is 0. The first-order chi connectivity index (χ1) is 12.3. The van der Waals surface area contributed by atoms with E-state index in [4.69, 9.17) is 4.74 Å². The maximum atomic E-state index is 5.38. The van der Waals surface area contributed by atoms with E-state index in [2.05, 4.69) is 65.8 Å². The quantitative estimate of drug-likeness (QED) is 0.519. The average Bonchev–Trinajstić information content (AvgIpc) is 3.37. The number of aryl methyl sites for hydroxylation is 4. The molecule has 1 saturated heterocycles. The molecule has 26 heavy (non-hydrogen) atoms. The van der Waals surface area contributed by atoms with Crippen LogP contribution in [0, 0.1) is 33.6 Å². The molecule has 3 rings (SSSR count). The molecule has 1 aliphatic heterocycles. The summed E-state index contributed by atoms with van der Waals surface area (Å²) in [7, 11) is 0. The van der Waals surface area contributed by atoms with Gasteiger partial charge in [-0.05, 0) is 104 Å². The van der Waals surface area contributed by atoms with E-state index in [1.165, 1.54) is 57.3 Å². The van der Waals surface area contributed by atoms with Gasteiger partial charge in [-0.1, -0.05) is 38.1 Å². The van der Waals surface area contributed by atoms with Gasteiger partial charge in [0, 0.05) is 0 Å². The van der Waals surface area contributed by atoms with E-state index in [-0.39, 0.29) is 0 Å². The van der Waals surface area contributed by atoms with Crippen molar-refractivity contribution in [3.8, 4) is 11.1 Å². The first-order valence-corrected chi connectivity index (χ1v) is 10.2. The fraction of sp³-hybridized carbons (Fsp3) is 0.520. The molecule has 0 spiro atoms. The second-order valence-electron chi connectivity index (χ2n) is 8.60. The van der Waals surface area contributed by atoms with Gasteiger partial charge in [-0.25, -0.2) is 0 Å². The summed E-state index contributed by atoms with van der Waals surface area (Å²) in [6.07, 6.45) is 5.25. The van der Waals surface area contributed by atoms with Crippen LogP contribution >= 0.6 is 0 Å². The third-order valence-corrected chi connectivity index (χ3v) is 5.82. The third kappa shape index (κ3) is 4.57. The highest BCUT2D eigenvalue weighted by Crippen LogP contribution is 2.30. The van der Waals surface area contributed by atoms with E-state index in [0.29, 0.717) is 6.10 Å². The third-order valence-electron chi connectivity index (χ3n) is 5.82. The van der Waals surface area contributed by atoms with Crippen LogP contribution in [0.2, 0.25) is 0 Å². The van der Waals surface area contributed by atoms with E-state index < -0.39 is 0 Å². The fourth-order valence-electron chi connectivity index (χ4n) is 4.08. The van der Waals surface area contributed by atoms with Crippen molar-refractivity contribution in [2.45, 2.75) is 73.3 Å². The summed E-state index contributed by atoms with van der Waals surface area (Å²) in [5.41, 5.74) is 11.5. The smallest absolute Gasteiger partial charge is 0.0813 e. The number of rotatable bonds is 7. The van der Waals surface area contributed by atoms with Crippen molar-refractivity contribution in [3.05, 3.63) is 57.6 Å². The molecule has 0 amide bonds. The van der Waals surface area contributed by atoms with Crippen molar-refractivity contribution in [1.29, 1.82) is 0 Å². The topological polar surface area (TPSA) is 12.5 Å². The van der Waals surface area contributed by atoms with Crippen LogP contribution in [0.15, 0.2) is 24.3 Å². The van der Waals surface area contributed by atoms with Gasteiger partial charge in [0.1, 0.15) is 0 Å². The Labute approximate surface area is 159 Å². The van der Waals surface area contributed by atoms with Crippen molar-refractivity contribution in [1.82, 2.24) is 0 Å². The lowest BCUT2D eigenvalue weighted by Gasteiger charge is -2.16. The predicted molar refractivity (Wildman–Crippen MR) is 112 cm³/mol. The molecule has 1 heteroatoms. The van der Waals surface area contributed by atoms with Gasteiger partial charge in [0.05, 0.1) is 12.7 Å². The summed E-state index contributed by atoms with van der Waals surface area (Å²) in [5, 5.41) is 0. The van der Waals surface area contributed by atoms with Gasteiger partial charge in [-0.3, -0.25) is 0 Å². The second-order valence-corrected chi connectivity index (χ2v) is 8.60. The summed E-state index contributed by atoms with van der Waals surface area (Å²) < 4.78 is 5.38. The Morgan fingerprint density at radius 3 is 1.62 bits per heavy atom. The largest absolute Gasteiger partial charge is 0.373 e. The van der Waals surface area contributed by atoms with E-state index in [1.54, 1.807) is 0 Å². The molecular formula is C25H34O. The maximum absolute atomic E-state index is 5.38. The number of epoxide rings is 1. The lowest BCUT2D eigenvalue weighted by Crippen LogP contribution is -2.00. The Bertz CT molecular complexity index is 675. The lowest BCUT2D eigenvalue weighted by molar-refractivity contribution is 0.396. The predicted octanol–water partition coefficient (Wildman–Crippen LogP) is 6.51. The van der Waals surface area contributed by atoms with Gasteiger partial charge in [-0.15, -0.1) is 0 Å². The van der Waals surface area contributed by atoms with Gasteiger partial charge in [0.2, 0.25) is 0 Å². The molecule has 140 valence electrons. The summed E-state index contributed by atoms with van der Waals surface area (Å²) in [6.45, 7) is 14.6. The second kappa shape index (κ2) is 7.96. The monoisotopic (exact) mass is 350 g/mol. The van der Waals surface area contributed by atoms with Gasteiger partial charge >= 0.3 is 0 Å². The molecule has 1 unspecified atom stereocenters. The maximum Gasteiger partial charge on any atom is 0.0813 e. The highest BCUT2D eigenvalue weighted by molar-refractivity contribution is 5.68. The molecule has 2 aromatic carbocycles. The molecule has 0 aromatic heterocycles. The first kappa shape index (κ1) is 19.2. The van der Waals surface area contributed by atoms with Crippen LogP contribution in [0.3, 0.4) is 0 Å². The molecule has 1 fully saturated rings. The SMILES string of the molecule is Cc1cc(-c2cc(C)c(CCC3CO3)c(C)c2)cc(C)c1CCC(C)C. The van der Waals surface area contributed by atoms with Gasteiger partial charge < -0.3 is 4.74 Å². The number of hydrogen-bond donors (Lipinski definition) is 0. The van der Waals surface area contributed by atoms with Gasteiger partial charge in [0.15, 0.2) is 0 Å². The number of hydrogen-bond acceptors (Lipinski definition) is 1. The molecule has 0 N–H and O–H groups in total. The summed E-state index contributed by atoms with van der Waals surface area (Å²) in [6, 6.07) is 9.51. The molecule has 1 heterocycles. The van der Waals surface area contributed by atoms with Crippen molar-refractivity contribution < 1.29 is 4.74 Å². The molecule has 1 nitrogen and oxygen atoms in total. The van der Waals surface area contributed by atoms with Gasteiger partial charge in [0.25, 0.3) is 0 Å². The van der Waals surface area contributed by atoms with Crippen molar-refractivity contribution >= 4 is 0 Å². The lowest BCUT2D eigenvalue weighted by atomic mass is 9.89. The van der Waals surface area contributed by atoms with Crippen molar-refractivity contribution in [2.24, 2.45) is 5.92 Å². The highest BCUT2D eigenvalue weighted by atomic mass is 16.6. The van der Waals surface area contributed by atoms with E-state index in [0.717, 1.165) is 25.4 Å². The Kier molecular flexibility index (Phi) is 5.87. The standard InChI is InChI=1S/C25H34O/c1-16(2)7-9-24-17(3)11-21(12-18(24)4)22-13-19(5)25(20(6)14-22)10-8-23-15-26-23/h11-14,16,23H,7-10,15H2,1-6H3. The minimum absolute atomic E-state index is 0.511. The Morgan fingerprint density at radius 2 is 1.23 bits per heavy atom. The van der Waals surface area contributed by atoms with E-state index in [9.17, 15) is 0 Å². The molecule has 0 aliphatic carbocycles. The Balaban J connectivity index is 1.86. The van der Waals surface area contributed by atoms with Crippen LogP contribution < -0.4 is 0 Å². The van der Waals surface area contributed by atoms with Crippen LogP contribution in [0.5, 0.6) is 0 Å². The normalized spacial score (nSPS) is 16.3. The van der Waals surface area contributed by atoms with Crippen LogP contribution in [0.4, 0.5) is 0 Å². The molecule has 0 saturated carbocycles. The number of ether oxygens (including phenoxy) is 1. The summed E-state index contributed by atoms with van der Waals surface area (Å²) in [5.74, 6) is 0.757. The molecule has 1 atom stereocenters. The molecule has 0 radical (unpaired) electrons. The van der Waals surface area contributed by atoms with Crippen molar-refractivity contribution in [3.63, 3.8) is 0 Å². The van der Waals surface area contributed by atoms with E-state index in [1.807, 2.05) is 0 Å². The Morgan fingerprint density at radius 1 is 0.808 bits per heavy atom. The summed E-state index contributed by atoms with van der Waals surface area (Å²) in [4.78, 5) is 0. The molecule has 2 aromatic rings. The fourth-order valence-corrected chi connectivity index (χ4v) is 4.08. The molecular weight excluding hydrogens is 316 g/mol. The minimum Gasteiger partial charge on any atom is -0.373 e. The van der Waals surface area contributed by atoms with Crippen LogP contribution in [-0.2, 0) is 17.6 Å².